The van der Waals surface area contributed by atoms with E-state index in [0.717, 1.165) is 10.6 Å². The average Bonchev–Trinajstić information content (AvgIpc) is 3.15. The number of thiazole rings is 1. The van der Waals surface area contributed by atoms with Gasteiger partial charge in [-0.1, -0.05) is 34.9 Å². The van der Waals surface area contributed by atoms with Crippen molar-refractivity contribution in [1.29, 1.82) is 0 Å². The third-order valence-electron chi connectivity index (χ3n) is 2.81. The fourth-order valence-electron chi connectivity index (χ4n) is 1.76. The number of nitrogens with zero attached hydrogens (tertiary/aromatic N) is 3. The molecule has 1 amide bonds. The lowest BCUT2D eigenvalue weighted by Crippen LogP contribution is -2.07. The number of aromatic nitrogens is 3. The van der Waals surface area contributed by atoms with E-state index in [1.807, 2.05) is 30.5 Å². The van der Waals surface area contributed by atoms with Crippen LogP contribution in [-0.2, 0) is 4.79 Å². The van der Waals surface area contributed by atoms with E-state index in [2.05, 4.69) is 20.5 Å². The van der Waals surface area contributed by atoms with Gasteiger partial charge >= 0.3 is 6.01 Å². The van der Waals surface area contributed by atoms with Gasteiger partial charge in [-0.3, -0.25) is 10.1 Å². The Morgan fingerprint density at radius 3 is 2.91 bits per heavy atom. The van der Waals surface area contributed by atoms with Gasteiger partial charge in [0.05, 0.1) is 5.01 Å². The first-order valence-electron chi connectivity index (χ1n) is 6.61. The van der Waals surface area contributed by atoms with Gasteiger partial charge in [0.1, 0.15) is 5.69 Å². The number of aryl methyl sites for hydroxylation is 1. The second kappa shape index (κ2) is 6.72. The number of nitrogens with one attached hydrogen (secondary N) is 1. The average molecular weight is 347 g/mol. The highest BCUT2D eigenvalue weighted by Crippen LogP contribution is 2.21. The summed E-state index contributed by atoms with van der Waals surface area (Å²) in [4.78, 5) is 16.1. The van der Waals surface area contributed by atoms with Crippen LogP contribution in [0, 0.1) is 6.92 Å². The van der Waals surface area contributed by atoms with E-state index >= 15 is 0 Å². The number of hydrogen-bond donors (Lipinski definition) is 1. The Labute approximate surface area is 140 Å². The van der Waals surface area contributed by atoms with Gasteiger partial charge in [-0.25, -0.2) is 4.98 Å². The monoisotopic (exact) mass is 346 g/mol. The Morgan fingerprint density at radius 1 is 1.35 bits per heavy atom. The number of hydrogen-bond acceptors (Lipinski definition) is 6. The largest absolute Gasteiger partial charge is 0.401 e. The Kier molecular flexibility index (Phi) is 4.50. The molecule has 1 N–H and O–H groups in total. The van der Waals surface area contributed by atoms with Crippen LogP contribution in [0.4, 0.5) is 6.01 Å². The molecular formula is C15H11ClN4O2S. The fourth-order valence-corrected chi connectivity index (χ4v) is 2.55. The van der Waals surface area contributed by atoms with Crippen LogP contribution in [-0.4, -0.2) is 21.1 Å². The summed E-state index contributed by atoms with van der Waals surface area (Å²) in [5.74, 6) is -0.130. The molecule has 0 aliphatic carbocycles. The number of carbonyl (C=O) groups is 1. The number of anilines is 1. The van der Waals surface area contributed by atoms with Crippen LogP contribution < -0.4 is 5.32 Å². The number of rotatable bonds is 4. The third-order valence-corrected chi connectivity index (χ3v) is 3.93. The zero-order valence-electron chi connectivity index (χ0n) is 12.0. The molecule has 0 atom stereocenters. The first kappa shape index (κ1) is 15.4. The van der Waals surface area contributed by atoms with Gasteiger partial charge in [0.15, 0.2) is 0 Å². The van der Waals surface area contributed by atoms with Gasteiger partial charge in [-0.05, 0) is 24.6 Å². The molecule has 0 saturated carbocycles. The van der Waals surface area contributed by atoms with Crippen LogP contribution >= 0.6 is 22.9 Å². The van der Waals surface area contributed by atoms with Crippen molar-refractivity contribution in [2.45, 2.75) is 6.92 Å². The molecule has 0 saturated heterocycles. The molecule has 2 heterocycles. The van der Waals surface area contributed by atoms with E-state index in [1.54, 1.807) is 12.1 Å². The molecule has 0 fully saturated rings. The summed E-state index contributed by atoms with van der Waals surface area (Å²) in [7, 11) is 0. The van der Waals surface area contributed by atoms with Crippen molar-refractivity contribution in [1.82, 2.24) is 15.2 Å². The first-order chi connectivity index (χ1) is 11.1. The summed E-state index contributed by atoms with van der Waals surface area (Å²) in [6.07, 6.45) is 2.96. The Hall–Kier alpha value is -2.51. The van der Waals surface area contributed by atoms with Crippen molar-refractivity contribution >= 4 is 40.9 Å². The predicted octanol–water partition coefficient (Wildman–Crippen LogP) is 3.81. The number of carbonyl (C=O) groups excluding carboxylic acids is 1. The van der Waals surface area contributed by atoms with E-state index in [9.17, 15) is 4.79 Å². The number of halogens is 1. The maximum atomic E-state index is 11.9. The highest BCUT2D eigenvalue weighted by molar-refractivity contribution is 7.09. The molecule has 6 nitrogen and oxygen atoms in total. The molecule has 23 heavy (non-hydrogen) atoms. The second-order valence-corrected chi connectivity index (χ2v) is 5.98. The number of benzene rings is 1. The van der Waals surface area contributed by atoms with Gasteiger partial charge in [0.25, 0.3) is 11.8 Å². The summed E-state index contributed by atoms with van der Waals surface area (Å²) in [6, 6.07) is 7.23. The summed E-state index contributed by atoms with van der Waals surface area (Å²) < 4.78 is 5.36. The van der Waals surface area contributed by atoms with Gasteiger partial charge in [0, 0.05) is 16.5 Å². The van der Waals surface area contributed by atoms with Crippen LogP contribution in [0.15, 0.2) is 40.1 Å². The molecule has 0 spiro atoms. The lowest BCUT2D eigenvalue weighted by atomic mass is 10.2. The lowest BCUT2D eigenvalue weighted by Gasteiger charge is -1.97. The van der Waals surface area contributed by atoms with E-state index < -0.39 is 5.91 Å². The van der Waals surface area contributed by atoms with Crippen LogP contribution in [0.3, 0.4) is 0 Å². The van der Waals surface area contributed by atoms with E-state index in [-0.39, 0.29) is 11.9 Å². The SMILES string of the molecule is Cc1nc(-c2nnc(NC(=O)C=Cc3ccccc3Cl)o2)cs1. The van der Waals surface area contributed by atoms with E-state index in [4.69, 9.17) is 16.0 Å². The minimum absolute atomic E-state index is 0.0134. The topological polar surface area (TPSA) is 80.9 Å². The minimum atomic E-state index is -0.394. The maximum Gasteiger partial charge on any atom is 0.322 e. The standard InChI is InChI=1S/C15H11ClN4O2S/c1-9-17-12(8-23-9)14-19-20-15(22-14)18-13(21)7-6-10-4-2-3-5-11(10)16/h2-8H,1H3,(H,18,20,21). The smallest absolute Gasteiger partial charge is 0.322 e. The minimum Gasteiger partial charge on any atom is -0.401 e. The normalized spacial score (nSPS) is 11.0. The van der Waals surface area contributed by atoms with Crippen molar-refractivity contribution in [2.75, 3.05) is 5.32 Å². The zero-order valence-corrected chi connectivity index (χ0v) is 13.6. The molecule has 2 aromatic heterocycles. The van der Waals surface area contributed by atoms with Crippen molar-refractivity contribution in [3.05, 3.63) is 51.3 Å². The molecule has 1 aromatic carbocycles. The molecule has 0 unspecified atom stereocenters. The Bertz CT molecular complexity index is 872. The van der Waals surface area contributed by atoms with Crippen LogP contribution in [0.2, 0.25) is 5.02 Å². The summed E-state index contributed by atoms with van der Waals surface area (Å²) >= 11 is 7.49. The Balaban J connectivity index is 1.67. The van der Waals surface area contributed by atoms with Gasteiger partial charge in [-0.15, -0.1) is 16.4 Å². The summed E-state index contributed by atoms with van der Waals surface area (Å²) in [5.41, 5.74) is 1.33. The van der Waals surface area contributed by atoms with Crippen molar-refractivity contribution < 1.29 is 9.21 Å². The first-order valence-corrected chi connectivity index (χ1v) is 7.87. The maximum absolute atomic E-state index is 11.9. The fraction of sp³-hybridized carbons (Fsp3) is 0.0667. The lowest BCUT2D eigenvalue weighted by molar-refractivity contribution is -0.112. The van der Waals surface area contributed by atoms with Gasteiger partial charge in [-0.2, -0.15) is 0 Å². The molecule has 3 aromatic rings. The van der Waals surface area contributed by atoms with Gasteiger partial charge in [0.2, 0.25) is 0 Å². The summed E-state index contributed by atoms with van der Waals surface area (Å²) in [6.45, 7) is 1.88. The zero-order chi connectivity index (χ0) is 16.2. The van der Waals surface area contributed by atoms with Crippen molar-refractivity contribution in [3.8, 4) is 11.6 Å². The van der Waals surface area contributed by atoms with Crippen LogP contribution in [0.25, 0.3) is 17.7 Å². The summed E-state index contributed by atoms with van der Waals surface area (Å²) in [5, 5.41) is 13.4. The van der Waals surface area contributed by atoms with Crippen LogP contribution in [0.1, 0.15) is 10.6 Å². The quantitative estimate of drug-likeness (QED) is 0.726. The molecule has 0 bridgehead atoms. The Morgan fingerprint density at radius 2 is 2.17 bits per heavy atom. The number of amides is 1. The van der Waals surface area contributed by atoms with Crippen molar-refractivity contribution in [3.63, 3.8) is 0 Å². The molecule has 0 aliphatic heterocycles. The van der Waals surface area contributed by atoms with Crippen LogP contribution in [0.5, 0.6) is 0 Å². The molecule has 0 radical (unpaired) electrons. The second-order valence-electron chi connectivity index (χ2n) is 4.51. The van der Waals surface area contributed by atoms with Crippen molar-refractivity contribution in [2.24, 2.45) is 0 Å². The highest BCUT2D eigenvalue weighted by atomic mass is 35.5. The molecule has 3 rings (SSSR count). The molecule has 8 heteroatoms. The van der Waals surface area contributed by atoms with E-state index in [1.165, 1.54) is 17.4 Å². The van der Waals surface area contributed by atoms with E-state index in [0.29, 0.717) is 10.7 Å². The highest BCUT2D eigenvalue weighted by Gasteiger charge is 2.12. The third kappa shape index (κ3) is 3.82. The molecular weight excluding hydrogens is 336 g/mol. The predicted molar refractivity (Wildman–Crippen MR) is 89.3 cm³/mol. The van der Waals surface area contributed by atoms with Gasteiger partial charge < -0.3 is 4.42 Å². The molecule has 0 aliphatic rings. The molecule has 116 valence electrons.